The summed E-state index contributed by atoms with van der Waals surface area (Å²) in [6, 6.07) is 12.1. The summed E-state index contributed by atoms with van der Waals surface area (Å²) in [4.78, 5) is 12.3. The van der Waals surface area contributed by atoms with Crippen LogP contribution in [-0.4, -0.2) is 16.2 Å². The lowest BCUT2D eigenvalue weighted by Crippen LogP contribution is -1.82. The van der Waals surface area contributed by atoms with Gasteiger partial charge >= 0.3 is 0 Å². The van der Waals surface area contributed by atoms with Crippen molar-refractivity contribution < 1.29 is 4.39 Å². The van der Waals surface area contributed by atoms with Gasteiger partial charge in [-0.3, -0.25) is 4.99 Å². The quantitative estimate of drug-likeness (QED) is 0.505. The second-order valence-electron chi connectivity index (χ2n) is 5.48. The monoisotopic (exact) mass is 319 g/mol. The van der Waals surface area contributed by atoms with Crippen LogP contribution in [0.2, 0.25) is 0 Å². The molecule has 0 saturated heterocycles. The highest BCUT2D eigenvalue weighted by molar-refractivity contribution is 5.85. The Bertz CT molecular complexity index is 948. The molecule has 24 heavy (non-hydrogen) atoms. The average Bonchev–Trinajstić information content (AvgIpc) is 3.01. The summed E-state index contributed by atoms with van der Waals surface area (Å²) in [5.74, 6) is 0.573. The molecule has 1 heterocycles. The fraction of sp³-hybridized carbons (Fsp3) is 0.100. The molecule has 1 aromatic heterocycles. The van der Waals surface area contributed by atoms with Crippen molar-refractivity contribution in [3.8, 4) is 0 Å². The van der Waals surface area contributed by atoms with Crippen molar-refractivity contribution in [1.29, 1.82) is 0 Å². The fourth-order valence-corrected chi connectivity index (χ4v) is 2.32. The maximum Gasteiger partial charge on any atom is 0.134 e. The minimum atomic E-state index is -0.269. The van der Waals surface area contributed by atoms with Gasteiger partial charge in [0.15, 0.2) is 0 Å². The maximum absolute atomic E-state index is 13.2. The van der Waals surface area contributed by atoms with Crippen molar-refractivity contribution in [3.05, 3.63) is 77.9 Å². The van der Waals surface area contributed by atoms with Gasteiger partial charge in [0.2, 0.25) is 0 Å². The maximum atomic E-state index is 13.2. The molecule has 0 spiro atoms. The molecule has 1 N–H and O–H groups in total. The van der Waals surface area contributed by atoms with Gasteiger partial charge < -0.3 is 4.98 Å². The molecule has 0 fully saturated rings. The van der Waals surface area contributed by atoms with Crippen LogP contribution in [0.25, 0.3) is 16.6 Å². The zero-order valence-electron chi connectivity index (χ0n) is 13.6. The Morgan fingerprint density at radius 1 is 1.21 bits per heavy atom. The molecular weight excluding hydrogens is 301 g/mol. The lowest BCUT2D eigenvalue weighted by Gasteiger charge is -1.95. The van der Waals surface area contributed by atoms with Crippen LogP contribution < -0.4 is 0 Å². The number of hydrogen-bond donors (Lipinski definition) is 1. The molecule has 0 unspecified atom stereocenters. The molecule has 0 amide bonds. The lowest BCUT2D eigenvalue weighted by atomic mass is 10.2. The molecule has 0 bridgehead atoms. The fourth-order valence-electron chi connectivity index (χ4n) is 2.32. The van der Waals surface area contributed by atoms with E-state index in [2.05, 4.69) is 15.0 Å². The van der Waals surface area contributed by atoms with E-state index in [4.69, 9.17) is 0 Å². The number of allylic oxidation sites excluding steroid dienone is 4. The van der Waals surface area contributed by atoms with Crippen LogP contribution in [0.3, 0.4) is 0 Å². The van der Waals surface area contributed by atoms with E-state index >= 15 is 0 Å². The molecule has 0 aliphatic rings. The Morgan fingerprint density at radius 3 is 2.88 bits per heavy atom. The predicted molar refractivity (Wildman–Crippen MR) is 98.2 cm³/mol. The van der Waals surface area contributed by atoms with Crippen molar-refractivity contribution in [3.63, 3.8) is 0 Å². The lowest BCUT2D eigenvalue weighted by molar-refractivity contribution is 0.627. The summed E-state index contributed by atoms with van der Waals surface area (Å²) < 4.78 is 13.2. The third kappa shape index (κ3) is 3.66. The number of imidazole rings is 1. The standard InChI is InChI=1S/C20H18FN3/c1-3-4-6-14(2)20-23-18-10-9-17(12-19(18)24-20)22-13-15-7-5-8-16(21)11-15/h3-13H,1-2H3,(H,23,24)/b4-3-,14-6+,22-13+. The number of halogens is 1. The Labute approximate surface area is 140 Å². The first-order valence-electron chi connectivity index (χ1n) is 7.75. The molecule has 0 atom stereocenters. The first-order valence-corrected chi connectivity index (χ1v) is 7.75. The van der Waals surface area contributed by atoms with Crippen molar-refractivity contribution in [2.24, 2.45) is 4.99 Å². The van der Waals surface area contributed by atoms with Crippen LogP contribution in [0.1, 0.15) is 25.2 Å². The number of benzene rings is 2. The second-order valence-corrected chi connectivity index (χ2v) is 5.48. The summed E-state index contributed by atoms with van der Waals surface area (Å²) >= 11 is 0. The number of hydrogen-bond acceptors (Lipinski definition) is 2. The molecule has 3 nitrogen and oxygen atoms in total. The molecule has 0 saturated carbocycles. The summed E-state index contributed by atoms with van der Waals surface area (Å²) in [6.07, 6.45) is 7.62. The van der Waals surface area contributed by atoms with E-state index in [0.717, 1.165) is 33.7 Å². The van der Waals surface area contributed by atoms with E-state index in [1.165, 1.54) is 12.1 Å². The van der Waals surface area contributed by atoms with Gasteiger partial charge in [-0.15, -0.1) is 0 Å². The summed E-state index contributed by atoms with van der Waals surface area (Å²) in [5.41, 5.74) is 4.38. The first kappa shape index (κ1) is 15.9. The van der Waals surface area contributed by atoms with E-state index in [9.17, 15) is 4.39 Å². The molecule has 3 rings (SSSR count). The van der Waals surface area contributed by atoms with Gasteiger partial charge in [0, 0.05) is 6.21 Å². The van der Waals surface area contributed by atoms with Gasteiger partial charge in [-0.1, -0.05) is 30.4 Å². The Kier molecular flexibility index (Phi) is 4.66. The number of nitrogens with one attached hydrogen (secondary N) is 1. The van der Waals surface area contributed by atoms with Crippen LogP contribution in [0, 0.1) is 5.82 Å². The molecule has 120 valence electrons. The number of fused-ring (bicyclic) bond motifs is 1. The highest BCUT2D eigenvalue weighted by Gasteiger charge is 2.04. The third-order valence-electron chi connectivity index (χ3n) is 3.59. The number of aromatic amines is 1. The molecular formula is C20H18FN3. The number of H-pyrrole nitrogens is 1. The van der Waals surface area contributed by atoms with Crippen LogP contribution in [0.4, 0.5) is 10.1 Å². The number of rotatable bonds is 4. The zero-order valence-corrected chi connectivity index (χ0v) is 13.6. The molecule has 0 radical (unpaired) electrons. The highest BCUT2D eigenvalue weighted by atomic mass is 19.1. The topological polar surface area (TPSA) is 41.0 Å². The number of aromatic nitrogens is 2. The predicted octanol–water partition coefficient (Wildman–Crippen LogP) is 5.43. The van der Waals surface area contributed by atoms with Crippen molar-refractivity contribution in [2.75, 3.05) is 0 Å². The van der Waals surface area contributed by atoms with E-state index in [1.54, 1.807) is 12.3 Å². The van der Waals surface area contributed by atoms with E-state index in [1.807, 2.05) is 56.3 Å². The van der Waals surface area contributed by atoms with Crippen molar-refractivity contribution in [1.82, 2.24) is 9.97 Å². The van der Waals surface area contributed by atoms with Gasteiger partial charge in [0.1, 0.15) is 11.6 Å². The summed E-state index contributed by atoms with van der Waals surface area (Å²) in [7, 11) is 0. The minimum absolute atomic E-state index is 0.269. The van der Waals surface area contributed by atoms with E-state index < -0.39 is 0 Å². The largest absolute Gasteiger partial charge is 0.338 e. The van der Waals surface area contributed by atoms with Crippen LogP contribution in [0.5, 0.6) is 0 Å². The number of nitrogens with zero attached hydrogens (tertiary/aromatic N) is 2. The number of aliphatic imine (C=N–C) groups is 1. The van der Waals surface area contributed by atoms with Gasteiger partial charge in [0.05, 0.1) is 16.7 Å². The van der Waals surface area contributed by atoms with Crippen LogP contribution >= 0.6 is 0 Å². The summed E-state index contributed by atoms with van der Waals surface area (Å²) in [5, 5.41) is 0. The zero-order chi connectivity index (χ0) is 16.9. The highest BCUT2D eigenvalue weighted by Crippen LogP contribution is 2.22. The average molecular weight is 319 g/mol. The Morgan fingerprint density at radius 2 is 2.08 bits per heavy atom. The first-order chi connectivity index (χ1) is 11.7. The molecule has 2 aromatic carbocycles. The molecule has 0 aliphatic carbocycles. The molecule has 3 aromatic rings. The van der Waals surface area contributed by atoms with Crippen LogP contribution in [-0.2, 0) is 0 Å². The van der Waals surface area contributed by atoms with Gasteiger partial charge in [-0.25, -0.2) is 9.37 Å². The van der Waals surface area contributed by atoms with Crippen molar-refractivity contribution in [2.45, 2.75) is 13.8 Å². The van der Waals surface area contributed by atoms with Gasteiger partial charge in [0.25, 0.3) is 0 Å². The molecule has 0 aliphatic heterocycles. The van der Waals surface area contributed by atoms with Crippen LogP contribution in [0.15, 0.2) is 65.7 Å². The van der Waals surface area contributed by atoms with Gasteiger partial charge in [-0.05, 0) is 55.3 Å². The van der Waals surface area contributed by atoms with Gasteiger partial charge in [-0.2, -0.15) is 0 Å². The second kappa shape index (κ2) is 7.04. The smallest absolute Gasteiger partial charge is 0.134 e. The molecule has 4 heteroatoms. The SMILES string of the molecule is C/C=C\C=C(/C)c1nc2cc(/N=C/c3cccc(F)c3)ccc2[nH]1. The van der Waals surface area contributed by atoms with E-state index in [0.29, 0.717) is 0 Å². The minimum Gasteiger partial charge on any atom is -0.338 e. The normalized spacial score (nSPS) is 12.7. The van der Waals surface area contributed by atoms with Crippen molar-refractivity contribution >= 4 is 28.5 Å². The van der Waals surface area contributed by atoms with E-state index in [-0.39, 0.29) is 5.82 Å². The summed E-state index contributed by atoms with van der Waals surface area (Å²) in [6.45, 7) is 3.99. The Balaban J connectivity index is 1.88. The third-order valence-corrected chi connectivity index (χ3v) is 3.59. The Hall–Kier alpha value is -3.01.